The van der Waals surface area contributed by atoms with E-state index in [0.717, 1.165) is 53.1 Å². The predicted octanol–water partition coefficient (Wildman–Crippen LogP) is 7.52. The molecular formula is C30H41NO3. The molecule has 0 saturated heterocycles. The fraction of sp³-hybridized carbons (Fsp3) is 0.500. The van der Waals surface area contributed by atoms with Crippen LogP contribution in [0.1, 0.15) is 95.2 Å². The number of nitrogen functional groups attached to an aromatic ring is 1. The zero-order valence-electron chi connectivity index (χ0n) is 21.4. The second-order valence-corrected chi connectivity index (χ2v) is 9.62. The molecule has 2 atom stereocenters. The van der Waals surface area contributed by atoms with E-state index in [9.17, 15) is 4.79 Å². The number of allylic oxidation sites excluding steroid dienone is 1. The van der Waals surface area contributed by atoms with Crippen LogP contribution >= 0.6 is 0 Å². The van der Waals surface area contributed by atoms with Crippen LogP contribution in [0.4, 0.5) is 5.69 Å². The molecule has 1 aliphatic carbocycles. The van der Waals surface area contributed by atoms with Gasteiger partial charge in [-0.2, -0.15) is 0 Å². The van der Waals surface area contributed by atoms with Gasteiger partial charge in [0.2, 0.25) is 0 Å². The number of benzene rings is 2. The van der Waals surface area contributed by atoms with E-state index < -0.39 is 0 Å². The molecule has 0 fully saturated rings. The highest BCUT2D eigenvalue weighted by Crippen LogP contribution is 2.52. The summed E-state index contributed by atoms with van der Waals surface area (Å²) in [5.74, 6) is 1.03. The van der Waals surface area contributed by atoms with E-state index in [1.807, 2.05) is 37.3 Å². The van der Waals surface area contributed by atoms with E-state index >= 15 is 0 Å². The van der Waals surface area contributed by atoms with Gasteiger partial charge in [0.05, 0.1) is 13.2 Å². The Labute approximate surface area is 205 Å². The SMILES string of the molecule is CCCCCCCCOc1ccc(C2C(=C(C)C(=O)OCC(C)CC)c3ccc(N)cc32)cc1. The highest BCUT2D eigenvalue weighted by molar-refractivity contribution is 6.03. The molecule has 0 heterocycles. The summed E-state index contributed by atoms with van der Waals surface area (Å²) in [5, 5.41) is 0. The third-order valence-electron chi connectivity index (χ3n) is 6.85. The molecule has 3 rings (SSSR count). The van der Waals surface area contributed by atoms with Crippen LogP contribution in [-0.4, -0.2) is 19.2 Å². The van der Waals surface area contributed by atoms with Crippen molar-refractivity contribution in [1.29, 1.82) is 0 Å². The number of nitrogens with two attached hydrogens (primary N) is 1. The molecule has 4 nitrogen and oxygen atoms in total. The molecule has 184 valence electrons. The van der Waals surface area contributed by atoms with Gasteiger partial charge in [0.1, 0.15) is 5.75 Å². The maximum Gasteiger partial charge on any atom is 0.334 e. The zero-order chi connectivity index (χ0) is 24.5. The van der Waals surface area contributed by atoms with Gasteiger partial charge in [0.25, 0.3) is 0 Å². The molecule has 0 aliphatic heterocycles. The Morgan fingerprint density at radius 3 is 2.41 bits per heavy atom. The number of unbranched alkanes of at least 4 members (excludes halogenated alkanes) is 5. The quantitative estimate of drug-likeness (QED) is 0.144. The lowest BCUT2D eigenvalue weighted by Crippen LogP contribution is -2.22. The first-order valence-electron chi connectivity index (χ1n) is 13.0. The summed E-state index contributed by atoms with van der Waals surface area (Å²) in [5.41, 5.74) is 11.9. The maximum absolute atomic E-state index is 12.8. The van der Waals surface area contributed by atoms with Crippen LogP contribution in [-0.2, 0) is 9.53 Å². The predicted molar refractivity (Wildman–Crippen MR) is 141 cm³/mol. The van der Waals surface area contributed by atoms with Crippen molar-refractivity contribution in [3.8, 4) is 5.75 Å². The molecule has 0 spiro atoms. The Balaban J connectivity index is 1.70. The summed E-state index contributed by atoms with van der Waals surface area (Å²) < 4.78 is 11.6. The number of esters is 1. The van der Waals surface area contributed by atoms with Gasteiger partial charge in [-0.05, 0) is 65.8 Å². The summed E-state index contributed by atoms with van der Waals surface area (Å²) in [4.78, 5) is 12.8. The van der Waals surface area contributed by atoms with Crippen LogP contribution in [0, 0.1) is 5.92 Å². The number of rotatable bonds is 13. The van der Waals surface area contributed by atoms with Crippen molar-refractivity contribution in [2.45, 2.75) is 78.6 Å². The van der Waals surface area contributed by atoms with Crippen LogP contribution in [0.5, 0.6) is 5.75 Å². The summed E-state index contributed by atoms with van der Waals surface area (Å²) in [6.07, 6.45) is 8.50. The second kappa shape index (κ2) is 12.6. The van der Waals surface area contributed by atoms with Crippen molar-refractivity contribution >= 4 is 17.2 Å². The van der Waals surface area contributed by atoms with E-state index in [0.29, 0.717) is 18.1 Å². The first-order chi connectivity index (χ1) is 16.5. The van der Waals surface area contributed by atoms with Crippen LogP contribution in [0.25, 0.3) is 5.57 Å². The number of ether oxygens (including phenoxy) is 2. The molecule has 0 bridgehead atoms. The highest BCUT2D eigenvalue weighted by Gasteiger charge is 2.36. The Morgan fingerprint density at radius 2 is 1.71 bits per heavy atom. The lowest BCUT2D eigenvalue weighted by molar-refractivity contribution is -0.140. The normalized spacial score (nSPS) is 16.9. The van der Waals surface area contributed by atoms with Gasteiger partial charge in [-0.15, -0.1) is 0 Å². The number of carbonyl (C=O) groups excluding carboxylic acids is 1. The van der Waals surface area contributed by atoms with Crippen LogP contribution in [0.2, 0.25) is 0 Å². The Bertz CT molecular complexity index is 977. The van der Waals surface area contributed by atoms with E-state index in [-0.39, 0.29) is 11.9 Å². The smallest absolute Gasteiger partial charge is 0.334 e. The number of carbonyl (C=O) groups is 1. The monoisotopic (exact) mass is 463 g/mol. The van der Waals surface area contributed by atoms with Crippen molar-refractivity contribution in [2.24, 2.45) is 5.92 Å². The molecule has 2 unspecified atom stereocenters. The van der Waals surface area contributed by atoms with Crippen LogP contribution < -0.4 is 10.5 Å². The molecule has 0 aromatic heterocycles. The molecule has 4 heteroatoms. The molecule has 2 aromatic carbocycles. The van der Waals surface area contributed by atoms with Gasteiger partial charge < -0.3 is 15.2 Å². The van der Waals surface area contributed by atoms with Gasteiger partial charge >= 0.3 is 5.97 Å². The fourth-order valence-electron chi connectivity index (χ4n) is 4.45. The lowest BCUT2D eigenvalue weighted by atomic mass is 9.67. The fourth-order valence-corrected chi connectivity index (χ4v) is 4.45. The number of fused-ring (bicyclic) bond motifs is 1. The van der Waals surface area contributed by atoms with Crippen molar-refractivity contribution in [3.05, 3.63) is 64.7 Å². The average Bonchev–Trinajstić information content (AvgIpc) is 2.84. The number of hydrogen-bond donors (Lipinski definition) is 1. The zero-order valence-corrected chi connectivity index (χ0v) is 21.4. The topological polar surface area (TPSA) is 61.5 Å². The molecule has 2 aromatic rings. The Kier molecular flexibility index (Phi) is 9.62. The molecule has 34 heavy (non-hydrogen) atoms. The summed E-state index contributed by atoms with van der Waals surface area (Å²) in [7, 11) is 0. The van der Waals surface area contributed by atoms with Crippen molar-refractivity contribution < 1.29 is 14.3 Å². The minimum Gasteiger partial charge on any atom is -0.494 e. The first-order valence-corrected chi connectivity index (χ1v) is 13.0. The molecule has 0 amide bonds. The number of anilines is 1. The van der Waals surface area contributed by atoms with E-state index in [1.54, 1.807) is 0 Å². The van der Waals surface area contributed by atoms with Crippen molar-refractivity contribution in [2.75, 3.05) is 18.9 Å². The third-order valence-corrected chi connectivity index (χ3v) is 6.85. The van der Waals surface area contributed by atoms with Gasteiger partial charge in [-0.1, -0.05) is 77.5 Å². The van der Waals surface area contributed by atoms with Crippen molar-refractivity contribution in [1.82, 2.24) is 0 Å². The molecule has 0 radical (unpaired) electrons. The minimum absolute atomic E-state index is 0.0160. The summed E-state index contributed by atoms with van der Waals surface area (Å²) in [6.45, 7) is 9.51. The molecule has 1 aliphatic rings. The largest absolute Gasteiger partial charge is 0.494 e. The lowest BCUT2D eigenvalue weighted by Gasteiger charge is -2.36. The second-order valence-electron chi connectivity index (χ2n) is 9.62. The van der Waals surface area contributed by atoms with Gasteiger partial charge in [0.15, 0.2) is 0 Å². The van der Waals surface area contributed by atoms with Crippen LogP contribution in [0.3, 0.4) is 0 Å². The molecule has 0 saturated carbocycles. The summed E-state index contributed by atoms with van der Waals surface area (Å²) >= 11 is 0. The number of hydrogen-bond acceptors (Lipinski definition) is 4. The standard InChI is InChI=1S/C30H41NO3/c1-5-7-8-9-10-11-18-33-25-15-12-23(13-16-25)29-27-19-24(31)14-17-26(27)28(29)22(4)30(32)34-20-21(3)6-2/h12-17,19,21,29H,5-11,18,20,31H2,1-4H3. The van der Waals surface area contributed by atoms with Gasteiger partial charge in [-0.25, -0.2) is 4.79 Å². The van der Waals surface area contributed by atoms with Gasteiger partial charge in [-0.3, -0.25) is 0 Å². The van der Waals surface area contributed by atoms with Crippen molar-refractivity contribution in [3.63, 3.8) is 0 Å². The molecular weight excluding hydrogens is 422 g/mol. The van der Waals surface area contributed by atoms with E-state index in [2.05, 4.69) is 32.9 Å². The summed E-state index contributed by atoms with van der Waals surface area (Å²) in [6, 6.07) is 14.2. The average molecular weight is 464 g/mol. The molecule has 2 N–H and O–H groups in total. The maximum atomic E-state index is 12.8. The van der Waals surface area contributed by atoms with Crippen LogP contribution in [0.15, 0.2) is 48.0 Å². The van der Waals surface area contributed by atoms with Gasteiger partial charge in [0, 0.05) is 17.2 Å². The highest BCUT2D eigenvalue weighted by atomic mass is 16.5. The minimum atomic E-state index is -0.235. The van der Waals surface area contributed by atoms with E-state index in [1.165, 1.54) is 32.1 Å². The Hall–Kier alpha value is -2.75. The Morgan fingerprint density at radius 1 is 1.00 bits per heavy atom. The first kappa shape index (κ1) is 25.9. The third kappa shape index (κ3) is 6.43. The van der Waals surface area contributed by atoms with E-state index in [4.69, 9.17) is 15.2 Å².